The summed E-state index contributed by atoms with van der Waals surface area (Å²) in [5.74, 6) is 0. The fourth-order valence-corrected chi connectivity index (χ4v) is 2.20. The zero-order valence-corrected chi connectivity index (χ0v) is 9.94. The van der Waals surface area contributed by atoms with Crippen LogP contribution in [0.5, 0.6) is 0 Å². The number of pyridine rings is 1. The normalized spacial score (nSPS) is 10.3. The molecule has 0 radical (unpaired) electrons. The average Bonchev–Trinajstić information content (AvgIpc) is 2.09. The van der Waals surface area contributed by atoms with Gasteiger partial charge in [0, 0.05) is 11.1 Å². The smallest absolute Gasteiger partial charge is 0.234 e. The molecule has 6 heteroatoms. The third kappa shape index (κ3) is 2.49. The first kappa shape index (κ1) is 11.5. The Morgan fingerprint density at radius 2 is 2.14 bits per heavy atom. The Hall–Kier alpha value is -0.540. The van der Waals surface area contributed by atoms with Crippen molar-refractivity contribution in [1.82, 2.24) is 4.98 Å². The van der Waals surface area contributed by atoms with Crippen LogP contribution in [-0.2, 0) is 6.42 Å². The molecule has 0 fully saturated rings. The van der Waals surface area contributed by atoms with E-state index in [1.807, 2.05) is 6.07 Å². The topological polar surface area (TPSA) is 36.7 Å². The van der Waals surface area contributed by atoms with Gasteiger partial charge in [-0.05, 0) is 37.9 Å². The van der Waals surface area contributed by atoms with Gasteiger partial charge in [-0.2, -0.15) is 5.26 Å². The summed E-state index contributed by atoms with van der Waals surface area (Å²) in [6.07, 6.45) is -2.69. The van der Waals surface area contributed by atoms with Crippen molar-refractivity contribution in [2.75, 3.05) is 0 Å². The first-order valence-corrected chi connectivity index (χ1v) is 5.14. The highest BCUT2D eigenvalue weighted by molar-refractivity contribution is 9.11. The molecule has 0 saturated heterocycles. The highest BCUT2D eigenvalue weighted by Gasteiger charge is 2.17. The summed E-state index contributed by atoms with van der Waals surface area (Å²) in [7, 11) is 0. The number of halogens is 4. The van der Waals surface area contributed by atoms with Crippen molar-refractivity contribution < 1.29 is 8.78 Å². The van der Waals surface area contributed by atoms with Crippen LogP contribution in [0.25, 0.3) is 0 Å². The van der Waals surface area contributed by atoms with E-state index in [-0.39, 0.29) is 22.2 Å². The van der Waals surface area contributed by atoms with Crippen molar-refractivity contribution in [3.05, 3.63) is 26.4 Å². The Labute approximate surface area is 96.2 Å². The highest BCUT2D eigenvalue weighted by Crippen LogP contribution is 2.30. The van der Waals surface area contributed by atoms with Crippen molar-refractivity contribution in [3.8, 4) is 6.07 Å². The molecule has 0 unspecified atom stereocenters. The standard InChI is InChI=1S/C8H4Br2F2N2/c9-6-3-5(8(11)12)4(1-2-13)7(10)14-6/h3,8H,1H2. The third-order valence-corrected chi connectivity index (χ3v) is 2.63. The van der Waals surface area contributed by atoms with Crippen LogP contribution >= 0.6 is 31.9 Å². The van der Waals surface area contributed by atoms with Crippen LogP contribution in [0.3, 0.4) is 0 Å². The fraction of sp³-hybridized carbons (Fsp3) is 0.250. The molecule has 1 rings (SSSR count). The van der Waals surface area contributed by atoms with Crippen LogP contribution in [0.4, 0.5) is 8.78 Å². The van der Waals surface area contributed by atoms with Crippen LogP contribution in [0.15, 0.2) is 15.3 Å². The lowest BCUT2D eigenvalue weighted by molar-refractivity contribution is 0.150. The van der Waals surface area contributed by atoms with Crippen LogP contribution in [0, 0.1) is 11.3 Å². The molecule has 0 aromatic carbocycles. The van der Waals surface area contributed by atoms with E-state index in [1.165, 1.54) is 6.07 Å². The van der Waals surface area contributed by atoms with E-state index in [4.69, 9.17) is 5.26 Å². The van der Waals surface area contributed by atoms with Crippen molar-refractivity contribution in [1.29, 1.82) is 5.26 Å². The van der Waals surface area contributed by atoms with Crippen LogP contribution in [-0.4, -0.2) is 4.98 Å². The third-order valence-electron chi connectivity index (χ3n) is 1.57. The minimum atomic E-state index is -2.60. The van der Waals surface area contributed by atoms with Gasteiger partial charge in [-0.25, -0.2) is 13.8 Å². The largest absolute Gasteiger partial charge is 0.264 e. The summed E-state index contributed by atoms with van der Waals surface area (Å²) in [5.41, 5.74) is 0.0750. The van der Waals surface area contributed by atoms with Crippen molar-refractivity contribution in [2.45, 2.75) is 12.8 Å². The second-order valence-electron chi connectivity index (χ2n) is 2.44. The number of hydrogen-bond acceptors (Lipinski definition) is 2. The van der Waals surface area contributed by atoms with Crippen LogP contribution in [0.2, 0.25) is 0 Å². The molecule has 0 aliphatic carbocycles. The number of nitrogens with zero attached hydrogens (tertiary/aromatic N) is 2. The SMILES string of the molecule is N#CCc1c(C(F)F)cc(Br)nc1Br. The van der Waals surface area contributed by atoms with Gasteiger partial charge in [0.15, 0.2) is 0 Å². The number of rotatable bonds is 2. The second-order valence-corrected chi connectivity index (χ2v) is 4.00. The van der Waals surface area contributed by atoms with E-state index in [0.717, 1.165) is 0 Å². The Bertz CT molecular complexity index is 388. The molecule has 0 N–H and O–H groups in total. The molecular weight excluding hydrogens is 322 g/mol. The molecule has 74 valence electrons. The van der Waals surface area contributed by atoms with Gasteiger partial charge < -0.3 is 0 Å². The zero-order chi connectivity index (χ0) is 10.7. The van der Waals surface area contributed by atoms with Crippen LogP contribution in [0.1, 0.15) is 17.6 Å². The summed E-state index contributed by atoms with van der Waals surface area (Å²) in [5, 5.41) is 8.46. The lowest BCUT2D eigenvalue weighted by Gasteiger charge is -2.07. The molecule has 0 aliphatic heterocycles. The summed E-state index contributed by atoms with van der Waals surface area (Å²) < 4.78 is 25.7. The highest BCUT2D eigenvalue weighted by atomic mass is 79.9. The molecule has 1 heterocycles. The van der Waals surface area contributed by atoms with Gasteiger partial charge >= 0.3 is 0 Å². The molecule has 0 bridgehead atoms. The maximum atomic E-state index is 12.5. The van der Waals surface area contributed by atoms with Gasteiger partial charge in [0.25, 0.3) is 6.43 Å². The monoisotopic (exact) mass is 324 g/mol. The maximum Gasteiger partial charge on any atom is 0.264 e. The predicted octanol–water partition coefficient (Wildman–Crippen LogP) is 3.61. The van der Waals surface area contributed by atoms with Gasteiger partial charge in [0.2, 0.25) is 0 Å². The number of aromatic nitrogens is 1. The molecule has 1 aromatic heterocycles. The van der Waals surface area contributed by atoms with Crippen LogP contribution < -0.4 is 0 Å². The van der Waals surface area contributed by atoms with E-state index in [2.05, 4.69) is 36.8 Å². The molecule has 0 saturated carbocycles. The molecule has 14 heavy (non-hydrogen) atoms. The fourth-order valence-electron chi connectivity index (χ4n) is 0.977. The molecule has 0 spiro atoms. The molecule has 0 aliphatic rings. The predicted molar refractivity (Wildman–Crippen MR) is 53.9 cm³/mol. The van der Waals surface area contributed by atoms with Crippen molar-refractivity contribution in [3.63, 3.8) is 0 Å². The summed E-state index contributed by atoms with van der Waals surface area (Å²) in [4.78, 5) is 3.88. The first-order chi connectivity index (χ1) is 6.56. The molecule has 2 nitrogen and oxygen atoms in total. The summed E-state index contributed by atoms with van der Waals surface area (Å²) >= 11 is 6.05. The van der Waals surface area contributed by atoms with Crippen molar-refractivity contribution in [2.24, 2.45) is 0 Å². The van der Waals surface area contributed by atoms with E-state index in [1.54, 1.807) is 0 Å². The van der Waals surface area contributed by atoms with E-state index < -0.39 is 6.43 Å². The number of nitriles is 1. The minimum absolute atomic E-state index is 0.0828. The summed E-state index contributed by atoms with van der Waals surface area (Å²) in [6.45, 7) is 0. The Morgan fingerprint density at radius 1 is 1.50 bits per heavy atom. The lowest BCUT2D eigenvalue weighted by atomic mass is 10.1. The van der Waals surface area contributed by atoms with Gasteiger partial charge in [0.1, 0.15) is 9.21 Å². The molecule has 0 amide bonds. The Balaban J connectivity index is 3.30. The molecule has 0 atom stereocenters. The Morgan fingerprint density at radius 3 is 2.64 bits per heavy atom. The molecular formula is C8H4Br2F2N2. The minimum Gasteiger partial charge on any atom is -0.234 e. The zero-order valence-electron chi connectivity index (χ0n) is 6.77. The maximum absolute atomic E-state index is 12.5. The van der Waals surface area contributed by atoms with E-state index in [0.29, 0.717) is 4.60 Å². The average molecular weight is 326 g/mol. The number of alkyl halides is 2. The van der Waals surface area contributed by atoms with E-state index >= 15 is 0 Å². The number of hydrogen-bond donors (Lipinski definition) is 0. The lowest BCUT2D eigenvalue weighted by Crippen LogP contribution is -1.98. The second kappa shape index (κ2) is 4.80. The van der Waals surface area contributed by atoms with Gasteiger partial charge in [0.05, 0.1) is 12.5 Å². The van der Waals surface area contributed by atoms with E-state index in [9.17, 15) is 8.78 Å². The van der Waals surface area contributed by atoms with Crippen molar-refractivity contribution >= 4 is 31.9 Å². The quantitative estimate of drug-likeness (QED) is 0.779. The summed E-state index contributed by atoms with van der Waals surface area (Å²) in [6, 6.07) is 3.05. The van der Waals surface area contributed by atoms with Gasteiger partial charge in [-0.3, -0.25) is 0 Å². The Kier molecular flexibility index (Phi) is 3.96. The van der Waals surface area contributed by atoms with Gasteiger partial charge in [-0.1, -0.05) is 0 Å². The first-order valence-electron chi connectivity index (χ1n) is 3.56. The molecule has 1 aromatic rings. The van der Waals surface area contributed by atoms with Gasteiger partial charge in [-0.15, -0.1) is 0 Å².